The van der Waals surface area contributed by atoms with Crippen LogP contribution in [0.2, 0.25) is 0 Å². The van der Waals surface area contributed by atoms with Gasteiger partial charge in [-0.1, -0.05) is 6.07 Å². The molecule has 0 spiro atoms. The fraction of sp³-hybridized carbons (Fsp3) is 0.625. The molecule has 0 bridgehead atoms. The zero-order chi connectivity index (χ0) is 13.8. The van der Waals surface area contributed by atoms with Crippen molar-refractivity contribution in [1.82, 2.24) is 0 Å². The quantitative estimate of drug-likeness (QED) is 0.696. The Balaban J connectivity index is 2.18. The molecule has 2 unspecified atom stereocenters. The first-order valence-electron chi connectivity index (χ1n) is 7.10. The number of ether oxygens (including phenoxy) is 3. The second-order valence-electron chi connectivity index (χ2n) is 5.13. The second kappa shape index (κ2) is 6.40. The van der Waals surface area contributed by atoms with Crippen molar-refractivity contribution in [2.45, 2.75) is 51.9 Å². The third-order valence-corrected chi connectivity index (χ3v) is 3.53. The summed E-state index contributed by atoms with van der Waals surface area (Å²) in [5.74, 6) is 1.58. The molecule has 3 nitrogen and oxygen atoms in total. The zero-order valence-corrected chi connectivity index (χ0v) is 12.3. The average Bonchev–Trinajstić information content (AvgIpc) is 3.22. The lowest BCUT2D eigenvalue weighted by atomic mass is 10.0. The van der Waals surface area contributed by atoms with Crippen molar-refractivity contribution in [3.05, 3.63) is 29.3 Å². The largest absolute Gasteiger partial charge is 0.465 e. The number of hydrogen-bond acceptors (Lipinski definition) is 3. The first-order valence-corrected chi connectivity index (χ1v) is 7.10. The van der Waals surface area contributed by atoms with Crippen molar-refractivity contribution >= 4 is 0 Å². The Kier molecular flexibility index (Phi) is 4.83. The summed E-state index contributed by atoms with van der Waals surface area (Å²) in [7, 11) is 1.73. The first kappa shape index (κ1) is 14.4. The van der Waals surface area contributed by atoms with Gasteiger partial charge in [-0.3, -0.25) is 0 Å². The van der Waals surface area contributed by atoms with E-state index in [1.165, 1.54) is 24.0 Å². The molecule has 0 radical (unpaired) electrons. The highest BCUT2D eigenvalue weighted by Crippen LogP contribution is 2.42. The molecule has 1 aromatic rings. The monoisotopic (exact) mass is 264 g/mol. The van der Waals surface area contributed by atoms with Gasteiger partial charge < -0.3 is 14.2 Å². The summed E-state index contributed by atoms with van der Waals surface area (Å²) in [5.41, 5.74) is 2.53. The summed E-state index contributed by atoms with van der Waals surface area (Å²) in [4.78, 5) is 0. The molecule has 1 fully saturated rings. The Bertz CT molecular complexity index is 412. The molecule has 0 saturated heterocycles. The molecule has 0 aromatic heterocycles. The molecular formula is C16H24O3. The third-order valence-electron chi connectivity index (χ3n) is 3.53. The Morgan fingerprint density at radius 1 is 1.21 bits per heavy atom. The topological polar surface area (TPSA) is 27.7 Å². The standard InChI is InChI=1S/C16H24O3/c1-5-18-12(3)19-16-9-14(11(2)17-4)8-15(10-16)13-6-7-13/h8-13H,5-7H2,1-4H3. The van der Waals surface area contributed by atoms with Crippen LogP contribution in [-0.4, -0.2) is 20.0 Å². The van der Waals surface area contributed by atoms with Gasteiger partial charge in [0.2, 0.25) is 0 Å². The molecule has 106 valence electrons. The molecule has 1 aromatic carbocycles. The van der Waals surface area contributed by atoms with E-state index in [9.17, 15) is 0 Å². The van der Waals surface area contributed by atoms with Crippen LogP contribution in [0.25, 0.3) is 0 Å². The highest BCUT2D eigenvalue weighted by molar-refractivity contribution is 5.39. The molecule has 3 heteroatoms. The van der Waals surface area contributed by atoms with Crippen molar-refractivity contribution in [2.24, 2.45) is 0 Å². The lowest BCUT2D eigenvalue weighted by molar-refractivity contribution is -0.0614. The van der Waals surface area contributed by atoms with Crippen molar-refractivity contribution in [3.8, 4) is 5.75 Å². The molecule has 0 N–H and O–H groups in total. The van der Waals surface area contributed by atoms with Crippen LogP contribution in [0.3, 0.4) is 0 Å². The minimum atomic E-state index is -0.217. The number of benzene rings is 1. The number of methoxy groups -OCH3 is 1. The minimum Gasteiger partial charge on any atom is -0.465 e. The van der Waals surface area contributed by atoms with Gasteiger partial charge in [-0.15, -0.1) is 0 Å². The van der Waals surface area contributed by atoms with Crippen molar-refractivity contribution in [2.75, 3.05) is 13.7 Å². The van der Waals surface area contributed by atoms with Crippen molar-refractivity contribution in [1.29, 1.82) is 0 Å². The van der Waals surface area contributed by atoms with Crippen LogP contribution in [0.5, 0.6) is 5.75 Å². The Morgan fingerprint density at radius 3 is 2.53 bits per heavy atom. The van der Waals surface area contributed by atoms with Crippen LogP contribution in [0.4, 0.5) is 0 Å². The van der Waals surface area contributed by atoms with Gasteiger partial charge in [0.05, 0.1) is 6.10 Å². The van der Waals surface area contributed by atoms with E-state index in [1.54, 1.807) is 7.11 Å². The summed E-state index contributed by atoms with van der Waals surface area (Å²) in [5, 5.41) is 0. The lowest BCUT2D eigenvalue weighted by Crippen LogP contribution is -2.16. The van der Waals surface area contributed by atoms with Crippen LogP contribution in [0, 0.1) is 0 Å². The van der Waals surface area contributed by atoms with E-state index in [-0.39, 0.29) is 12.4 Å². The van der Waals surface area contributed by atoms with Gasteiger partial charge in [-0.2, -0.15) is 0 Å². The molecule has 1 saturated carbocycles. The summed E-state index contributed by atoms with van der Waals surface area (Å²) in [6, 6.07) is 6.43. The molecule has 0 aliphatic heterocycles. The maximum absolute atomic E-state index is 5.83. The van der Waals surface area contributed by atoms with Gasteiger partial charge in [0, 0.05) is 13.7 Å². The van der Waals surface area contributed by atoms with E-state index in [4.69, 9.17) is 14.2 Å². The summed E-state index contributed by atoms with van der Waals surface area (Å²) in [6.07, 6.45) is 2.44. The predicted molar refractivity (Wildman–Crippen MR) is 75.6 cm³/mol. The van der Waals surface area contributed by atoms with E-state index in [0.29, 0.717) is 12.5 Å². The van der Waals surface area contributed by atoms with Crippen LogP contribution < -0.4 is 4.74 Å². The van der Waals surface area contributed by atoms with E-state index >= 15 is 0 Å². The maximum Gasteiger partial charge on any atom is 0.196 e. The van der Waals surface area contributed by atoms with Crippen molar-refractivity contribution in [3.63, 3.8) is 0 Å². The highest BCUT2D eigenvalue weighted by Gasteiger charge is 2.25. The fourth-order valence-corrected chi connectivity index (χ4v) is 2.20. The van der Waals surface area contributed by atoms with Crippen LogP contribution in [0.15, 0.2) is 18.2 Å². The Morgan fingerprint density at radius 2 is 1.95 bits per heavy atom. The lowest BCUT2D eigenvalue weighted by Gasteiger charge is -2.18. The minimum absolute atomic E-state index is 0.0865. The summed E-state index contributed by atoms with van der Waals surface area (Å²) >= 11 is 0. The molecule has 2 rings (SSSR count). The van der Waals surface area contributed by atoms with Gasteiger partial charge in [0.1, 0.15) is 5.75 Å². The summed E-state index contributed by atoms with van der Waals surface area (Å²) in [6.45, 7) is 6.61. The van der Waals surface area contributed by atoms with Crippen LogP contribution in [-0.2, 0) is 9.47 Å². The van der Waals surface area contributed by atoms with Gasteiger partial charge in [-0.05, 0) is 62.8 Å². The molecular weight excluding hydrogens is 240 g/mol. The van der Waals surface area contributed by atoms with Crippen molar-refractivity contribution < 1.29 is 14.2 Å². The van der Waals surface area contributed by atoms with E-state index in [1.807, 2.05) is 13.8 Å². The van der Waals surface area contributed by atoms with Gasteiger partial charge in [-0.25, -0.2) is 0 Å². The molecule has 19 heavy (non-hydrogen) atoms. The highest BCUT2D eigenvalue weighted by atomic mass is 16.7. The molecule has 1 aliphatic carbocycles. The smallest absolute Gasteiger partial charge is 0.196 e. The van der Waals surface area contributed by atoms with Gasteiger partial charge in [0.25, 0.3) is 0 Å². The van der Waals surface area contributed by atoms with Gasteiger partial charge >= 0.3 is 0 Å². The third kappa shape index (κ3) is 3.95. The second-order valence-corrected chi connectivity index (χ2v) is 5.13. The van der Waals surface area contributed by atoms with Crippen LogP contribution >= 0.6 is 0 Å². The number of rotatable bonds is 7. The fourth-order valence-electron chi connectivity index (χ4n) is 2.20. The molecule has 0 amide bonds. The van der Waals surface area contributed by atoms with Crippen LogP contribution in [0.1, 0.15) is 56.8 Å². The maximum atomic E-state index is 5.83. The molecule has 1 aliphatic rings. The molecule has 2 atom stereocenters. The Hall–Kier alpha value is -1.06. The predicted octanol–water partition coefficient (Wildman–Crippen LogP) is 4.03. The average molecular weight is 264 g/mol. The SMILES string of the molecule is CCOC(C)Oc1cc(C2CC2)cc(C(C)OC)c1. The first-order chi connectivity index (χ1) is 9.13. The number of hydrogen-bond donors (Lipinski definition) is 0. The normalized spacial score (nSPS) is 18.1. The Labute approximate surface area is 115 Å². The zero-order valence-electron chi connectivity index (χ0n) is 12.3. The summed E-state index contributed by atoms with van der Waals surface area (Å²) < 4.78 is 16.7. The van der Waals surface area contributed by atoms with E-state index < -0.39 is 0 Å². The molecule has 0 heterocycles. The van der Waals surface area contributed by atoms with E-state index in [2.05, 4.69) is 25.1 Å². The van der Waals surface area contributed by atoms with Gasteiger partial charge in [0.15, 0.2) is 6.29 Å². The van der Waals surface area contributed by atoms with E-state index in [0.717, 1.165) is 5.75 Å².